The van der Waals surface area contributed by atoms with E-state index in [2.05, 4.69) is 10.6 Å². The minimum atomic E-state index is -1.23. The fraction of sp³-hybridized carbons (Fsp3) is 0.625. The summed E-state index contributed by atoms with van der Waals surface area (Å²) >= 11 is 0. The highest BCUT2D eigenvalue weighted by atomic mass is 16.4. The minimum absolute atomic E-state index is 0.230. The van der Waals surface area contributed by atoms with Crippen molar-refractivity contribution in [3.63, 3.8) is 0 Å². The highest BCUT2D eigenvalue weighted by Gasteiger charge is 2.23. The van der Waals surface area contributed by atoms with Crippen LogP contribution in [-0.2, 0) is 9.59 Å². The third-order valence-electron chi connectivity index (χ3n) is 2.00. The first kappa shape index (κ1) is 15.1. The van der Waals surface area contributed by atoms with E-state index < -0.39 is 24.0 Å². The average molecular weight is 247 g/mol. The Hall–Kier alpha value is -1.87. The predicted octanol–water partition coefficient (Wildman–Crippen LogP) is -2.69. The van der Waals surface area contributed by atoms with Crippen molar-refractivity contribution >= 4 is 17.9 Å². The summed E-state index contributed by atoms with van der Waals surface area (Å²) in [6, 6.07) is -1.93. The van der Waals surface area contributed by atoms with Crippen LogP contribution < -0.4 is 22.1 Å². The Morgan fingerprint density at radius 1 is 1.35 bits per heavy atom. The fourth-order valence-electron chi connectivity index (χ4n) is 1.16. The molecule has 0 heterocycles. The highest BCUT2D eigenvalue weighted by molar-refractivity contribution is 5.75. The number of carboxylic acids is 2. The number of rotatable bonds is 8. The smallest absolute Gasteiger partial charge is 0.322 e. The summed E-state index contributed by atoms with van der Waals surface area (Å²) in [6.45, 7) is -0.153. The van der Waals surface area contributed by atoms with E-state index in [4.69, 9.17) is 27.1 Å². The fourth-order valence-corrected chi connectivity index (χ4v) is 1.16. The molecule has 0 aliphatic rings. The lowest BCUT2D eigenvalue weighted by Crippen LogP contribution is -2.52. The zero-order chi connectivity index (χ0) is 13.4. The SMILES string of the molecule is N=C(N)NCCC(NCC(=O)O)[C@H](N)C(=O)O. The van der Waals surface area contributed by atoms with Crippen molar-refractivity contribution in [3.05, 3.63) is 0 Å². The lowest BCUT2D eigenvalue weighted by Gasteiger charge is -2.21. The topological polar surface area (TPSA) is 175 Å². The molecular weight excluding hydrogens is 230 g/mol. The van der Waals surface area contributed by atoms with Crippen LogP contribution >= 0.6 is 0 Å². The van der Waals surface area contributed by atoms with Crippen LogP contribution in [0.15, 0.2) is 0 Å². The van der Waals surface area contributed by atoms with Gasteiger partial charge < -0.3 is 32.3 Å². The first-order valence-electron chi connectivity index (χ1n) is 4.86. The van der Waals surface area contributed by atoms with Gasteiger partial charge >= 0.3 is 11.9 Å². The quantitative estimate of drug-likeness (QED) is 0.179. The number of aliphatic carboxylic acids is 2. The number of carboxylic acid groups (broad SMARTS) is 2. The molecule has 17 heavy (non-hydrogen) atoms. The Morgan fingerprint density at radius 2 is 1.94 bits per heavy atom. The second kappa shape index (κ2) is 7.41. The van der Waals surface area contributed by atoms with Crippen LogP contribution in [0, 0.1) is 5.41 Å². The van der Waals surface area contributed by atoms with Gasteiger partial charge in [0.05, 0.1) is 6.54 Å². The van der Waals surface area contributed by atoms with E-state index in [9.17, 15) is 9.59 Å². The van der Waals surface area contributed by atoms with E-state index in [1.165, 1.54) is 0 Å². The molecule has 0 aliphatic carbocycles. The molecule has 0 aliphatic heterocycles. The van der Waals surface area contributed by atoms with Gasteiger partial charge in [-0.3, -0.25) is 15.0 Å². The lowest BCUT2D eigenvalue weighted by atomic mass is 10.1. The number of nitrogens with two attached hydrogens (primary N) is 2. The third-order valence-corrected chi connectivity index (χ3v) is 2.00. The van der Waals surface area contributed by atoms with Crippen molar-refractivity contribution in [1.29, 1.82) is 5.41 Å². The Kier molecular flexibility index (Phi) is 6.60. The van der Waals surface area contributed by atoms with E-state index in [1.807, 2.05) is 0 Å². The lowest BCUT2D eigenvalue weighted by molar-refractivity contribution is -0.140. The predicted molar refractivity (Wildman–Crippen MR) is 59.6 cm³/mol. The molecule has 9 heteroatoms. The second-order valence-corrected chi connectivity index (χ2v) is 3.37. The maximum Gasteiger partial charge on any atom is 0.322 e. The molecular formula is C8H17N5O4. The molecule has 0 radical (unpaired) electrons. The van der Waals surface area contributed by atoms with Gasteiger partial charge in [0, 0.05) is 12.6 Å². The second-order valence-electron chi connectivity index (χ2n) is 3.37. The monoisotopic (exact) mass is 247 g/mol. The number of hydrogen-bond acceptors (Lipinski definition) is 5. The Bertz CT molecular complexity index is 296. The first-order valence-corrected chi connectivity index (χ1v) is 4.86. The summed E-state index contributed by atoms with van der Waals surface area (Å²) in [5, 5.41) is 29.1. The van der Waals surface area contributed by atoms with Crippen molar-refractivity contribution in [1.82, 2.24) is 10.6 Å². The van der Waals surface area contributed by atoms with Crippen LogP contribution in [0.1, 0.15) is 6.42 Å². The van der Waals surface area contributed by atoms with Crippen LogP contribution in [-0.4, -0.2) is 53.3 Å². The number of nitrogens with one attached hydrogen (secondary N) is 3. The summed E-state index contributed by atoms with van der Waals surface area (Å²) in [6.07, 6.45) is 0.236. The van der Waals surface area contributed by atoms with Crippen LogP contribution in [0.5, 0.6) is 0 Å². The van der Waals surface area contributed by atoms with Crippen LogP contribution in [0.2, 0.25) is 0 Å². The zero-order valence-corrected chi connectivity index (χ0v) is 9.14. The van der Waals surface area contributed by atoms with Crippen molar-refractivity contribution < 1.29 is 19.8 Å². The molecule has 98 valence electrons. The van der Waals surface area contributed by atoms with Gasteiger partial charge in [0.2, 0.25) is 0 Å². The summed E-state index contributed by atoms with van der Waals surface area (Å²) in [5.74, 6) is -2.58. The number of hydrogen-bond donors (Lipinski definition) is 7. The Morgan fingerprint density at radius 3 is 2.35 bits per heavy atom. The molecule has 0 saturated carbocycles. The summed E-state index contributed by atoms with van der Waals surface area (Å²) in [7, 11) is 0. The molecule has 1 unspecified atom stereocenters. The Balaban J connectivity index is 4.24. The highest BCUT2D eigenvalue weighted by Crippen LogP contribution is 1.97. The van der Waals surface area contributed by atoms with Gasteiger partial charge in [-0.15, -0.1) is 0 Å². The average Bonchev–Trinajstić information content (AvgIpc) is 2.21. The van der Waals surface area contributed by atoms with Gasteiger partial charge in [0.25, 0.3) is 0 Å². The van der Waals surface area contributed by atoms with Crippen molar-refractivity contribution in [2.75, 3.05) is 13.1 Å². The van der Waals surface area contributed by atoms with Crippen molar-refractivity contribution in [3.8, 4) is 0 Å². The van der Waals surface area contributed by atoms with E-state index >= 15 is 0 Å². The van der Waals surface area contributed by atoms with Gasteiger partial charge in [-0.1, -0.05) is 0 Å². The minimum Gasteiger partial charge on any atom is -0.480 e. The molecule has 0 amide bonds. The maximum atomic E-state index is 10.7. The largest absolute Gasteiger partial charge is 0.480 e. The molecule has 0 spiro atoms. The molecule has 9 N–H and O–H groups in total. The molecule has 2 atom stereocenters. The standard InChI is InChI=1S/C8H17N5O4/c9-6(7(16)17)4(13-3-5(14)15)1-2-12-8(10)11/h4,6,13H,1-3,9H2,(H,14,15)(H,16,17)(H4,10,11,12)/t4?,6-/m0/s1. The van der Waals surface area contributed by atoms with Gasteiger partial charge in [-0.2, -0.15) is 0 Å². The van der Waals surface area contributed by atoms with Gasteiger partial charge in [0.1, 0.15) is 6.04 Å². The maximum absolute atomic E-state index is 10.7. The summed E-state index contributed by atoms with van der Waals surface area (Å²) in [4.78, 5) is 21.0. The number of guanidine groups is 1. The molecule has 0 bridgehead atoms. The van der Waals surface area contributed by atoms with E-state index in [0.29, 0.717) is 0 Å². The molecule has 0 aromatic heterocycles. The van der Waals surface area contributed by atoms with Gasteiger partial charge in [-0.05, 0) is 6.42 Å². The normalized spacial score (nSPS) is 13.7. The van der Waals surface area contributed by atoms with E-state index in [1.54, 1.807) is 0 Å². The third kappa shape index (κ3) is 7.09. The molecule has 0 aromatic rings. The van der Waals surface area contributed by atoms with E-state index in [0.717, 1.165) is 0 Å². The molecule has 9 nitrogen and oxygen atoms in total. The van der Waals surface area contributed by atoms with Gasteiger partial charge in [0.15, 0.2) is 5.96 Å². The zero-order valence-electron chi connectivity index (χ0n) is 9.14. The van der Waals surface area contributed by atoms with E-state index in [-0.39, 0.29) is 25.5 Å². The van der Waals surface area contributed by atoms with Gasteiger partial charge in [-0.25, -0.2) is 0 Å². The van der Waals surface area contributed by atoms with Crippen LogP contribution in [0.4, 0.5) is 0 Å². The molecule has 0 aromatic carbocycles. The van der Waals surface area contributed by atoms with Crippen LogP contribution in [0.25, 0.3) is 0 Å². The van der Waals surface area contributed by atoms with Crippen LogP contribution in [0.3, 0.4) is 0 Å². The molecule has 0 saturated heterocycles. The molecule has 0 rings (SSSR count). The van der Waals surface area contributed by atoms with Crippen molar-refractivity contribution in [2.45, 2.75) is 18.5 Å². The van der Waals surface area contributed by atoms with Crippen molar-refractivity contribution in [2.24, 2.45) is 11.5 Å². The summed E-state index contributed by atoms with van der Waals surface area (Å²) < 4.78 is 0. The summed E-state index contributed by atoms with van der Waals surface area (Å²) in [5.41, 5.74) is 10.4. The molecule has 0 fully saturated rings. The Labute approximate surface area is 97.7 Å². The first-order chi connectivity index (χ1) is 7.84. The number of carbonyl (C=O) groups is 2.